The van der Waals surface area contributed by atoms with Crippen LogP contribution in [-0.2, 0) is 16.9 Å². The predicted octanol–water partition coefficient (Wildman–Crippen LogP) is 4.70. The van der Waals surface area contributed by atoms with E-state index in [0.717, 1.165) is 44.3 Å². The Hall–Kier alpha value is -2.64. The molecule has 1 aliphatic carbocycles. The van der Waals surface area contributed by atoms with Crippen LogP contribution >= 0.6 is 0 Å². The van der Waals surface area contributed by atoms with Gasteiger partial charge >= 0.3 is 0 Å². The van der Waals surface area contributed by atoms with Crippen molar-refractivity contribution in [3.63, 3.8) is 0 Å². The summed E-state index contributed by atoms with van der Waals surface area (Å²) < 4.78 is 0. The fourth-order valence-corrected chi connectivity index (χ4v) is 5.56. The van der Waals surface area contributed by atoms with Gasteiger partial charge in [0, 0.05) is 25.0 Å². The monoisotopic (exact) mass is 401 g/mol. The maximum Gasteiger partial charge on any atom is 0.223 e. The van der Waals surface area contributed by atoms with Crippen LogP contribution in [-0.4, -0.2) is 35.8 Å². The molecular formula is C26H31N3O. The number of benzene rings is 2. The molecule has 30 heavy (non-hydrogen) atoms. The first-order chi connectivity index (χ1) is 14.5. The number of carbonyl (C=O) groups is 1. The average Bonchev–Trinajstić information content (AvgIpc) is 3.09. The Kier molecular flexibility index (Phi) is 5.66. The molecule has 2 aromatic carbocycles. The van der Waals surface area contributed by atoms with Gasteiger partial charge in [0.15, 0.2) is 0 Å². The van der Waals surface area contributed by atoms with Crippen LogP contribution in [0.4, 0.5) is 0 Å². The molecule has 156 valence electrons. The number of carbonyl (C=O) groups excluding carboxylic acids is 1. The average molecular weight is 402 g/mol. The summed E-state index contributed by atoms with van der Waals surface area (Å²) in [6.07, 6.45) is 4.99. The number of hydrogen-bond acceptors (Lipinski definition) is 3. The maximum atomic E-state index is 12.9. The molecule has 1 amide bonds. The molecule has 2 aliphatic rings. The van der Waals surface area contributed by atoms with Gasteiger partial charge < -0.3 is 4.90 Å². The van der Waals surface area contributed by atoms with Crippen LogP contribution in [0.2, 0.25) is 0 Å². The van der Waals surface area contributed by atoms with Crippen molar-refractivity contribution in [2.75, 3.05) is 20.1 Å². The molecule has 0 bridgehead atoms. The molecule has 0 aromatic heterocycles. The minimum absolute atomic E-state index is 0.0683. The van der Waals surface area contributed by atoms with Gasteiger partial charge in [0.25, 0.3) is 0 Å². The van der Waals surface area contributed by atoms with Crippen molar-refractivity contribution in [2.45, 2.75) is 51.1 Å². The quantitative estimate of drug-likeness (QED) is 0.730. The molecular weight excluding hydrogens is 370 g/mol. The minimum Gasteiger partial charge on any atom is -0.338 e. The zero-order chi connectivity index (χ0) is 21.2. The lowest BCUT2D eigenvalue weighted by Crippen LogP contribution is -2.49. The Bertz CT molecular complexity index is 938. The van der Waals surface area contributed by atoms with Crippen molar-refractivity contribution in [3.05, 3.63) is 71.3 Å². The van der Waals surface area contributed by atoms with E-state index >= 15 is 0 Å². The zero-order valence-electron chi connectivity index (χ0n) is 18.1. The van der Waals surface area contributed by atoms with E-state index in [1.165, 1.54) is 5.56 Å². The highest BCUT2D eigenvalue weighted by Gasteiger charge is 2.50. The number of amides is 1. The number of likely N-dealkylation sites (tertiary alicyclic amines) is 1. The summed E-state index contributed by atoms with van der Waals surface area (Å²) in [5.74, 6) is 0.258. The first kappa shape index (κ1) is 20.6. The van der Waals surface area contributed by atoms with Crippen molar-refractivity contribution >= 4 is 5.91 Å². The van der Waals surface area contributed by atoms with Crippen LogP contribution < -0.4 is 0 Å². The fourth-order valence-electron chi connectivity index (χ4n) is 5.56. The van der Waals surface area contributed by atoms with Crippen molar-refractivity contribution < 1.29 is 4.79 Å². The second-order valence-electron chi connectivity index (χ2n) is 9.15. The zero-order valence-corrected chi connectivity index (χ0v) is 18.1. The highest BCUT2D eigenvalue weighted by Crippen LogP contribution is 2.52. The highest BCUT2D eigenvalue weighted by molar-refractivity contribution is 5.79. The molecule has 4 nitrogen and oxygen atoms in total. The van der Waals surface area contributed by atoms with Gasteiger partial charge in [-0.25, -0.2) is 0 Å². The summed E-state index contributed by atoms with van der Waals surface area (Å²) in [5, 5.41) is 9.15. The Morgan fingerprint density at radius 3 is 2.47 bits per heavy atom. The largest absolute Gasteiger partial charge is 0.338 e. The molecule has 0 unspecified atom stereocenters. The van der Waals surface area contributed by atoms with E-state index < -0.39 is 0 Å². The van der Waals surface area contributed by atoms with Gasteiger partial charge in [0.1, 0.15) is 0 Å². The van der Waals surface area contributed by atoms with E-state index in [9.17, 15) is 4.79 Å². The van der Waals surface area contributed by atoms with Crippen LogP contribution in [0.3, 0.4) is 0 Å². The molecule has 2 aromatic rings. The lowest BCUT2D eigenvalue weighted by molar-refractivity contribution is -0.128. The Morgan fingerprint density at radius 1 is 1.07 bits per heavy atom. The molecule has 1 aliphatic heterocycles. The van der Waals surface area contributed by atoms with E-state index in [2.05, 4.69) is 55.3 Å². The summed E-state index contributed by atoms with van der Waals surface area (Å²) in [4.78, 5) is 17.4. The van der Waals surface area contributed by atoms with Gasteiger partial charge in [-0.3, -0.25) is 9.69 Å². The smallest absolute Gasteiger partial charge is 0.223 e. The molecule has 1 spiro atoms. The van der Waals surface area contributed by atoms with Gasteiger partial charge in [-0.2, -0.15) is 5.26 Å². The van der Waals surface area contributed by atoms with E-state index in [0.29, 0.717) is 18.5 Å². The van der Waals surface area contributed by atoms with Crippen LogP contribution in [0.25, 0.3) is 0 Å². The summed E-state index contributed by atoms with van der Waals surface area (Å²) >= 11 is 0. The molecule has 1 saturated heterocycles. The molecule has 4 rings (SSSR count). The number of hydrogen-bond donors (Lipinski definition) is 0. The Labute approximate surface area is 180 Å². The third kappa shape index (κ3) is 3.75. The first-order valence-electron chi connectivity index (χ1n) is 11.0. The second kappa shape index (κ2) is 8.24. The second-order valence-corrected chi connectivity index (χ2v) is 9.15. The summed E-state index contributed by atoms with van der Waals surface area (Å²) in [7, 11) is 2.24. The van der Waals surface area contributed by atoms with Gasteiger partial charge in [-0.05, 0) is 68.0 Å². The molecule has 1 saturated carbocycles. The topological polar surface area (TPSA) is 47.3 Å². The van der Waals surface area contributed by atoms with E-state index in [4.69, 9.17) is 5.26 Å². The minimum atomic E-state index is 0.0683. The van der Waals surface area contributed by atoms with Crippen molar-refractivity contribution in [2.24, 2.45) is 5.41 Å². The Balaban J connectivity index is 1.50. The number of rotatable bonds is 5. The molecule has 1 heterocycles. The van der Waals surface area contributed by atoms with Crippen LogP contribution in [0.5, 0.6) is 0 Å². The molecule has 4 heteroatoms. The highest BCUT2D eigenvalue weighted by atomic mass is 16.2. The molecule has 0 N–H and O–H groups in total. The predicted molar refractivity (Wildman–Crippen MR) is 119 cm³/mol. The summed E-state index contributed by atoms with van der Waals surface area (Å²) in [5.41, 5.74) is 3.26. The van der Waals surface area contributed by atoms with Crippen molar-refractivity contribution in [3.8, 4) is 6.07 Å². The van der Waals surface area contributed by atoms with E-state index in [1.807, 2.05) is 29.2 Å². The molecule has 0 atom stereocenters. The van der Waals surface area contributed by atoms with E-state index in [-0.39, 0.29) is 16.9 Å². The summed E-state index contributed by atoms with van der Waals surface area (Å²) in [6.45, 7) is 4.69. The normalized spacial score (nSPS) is 26.3. The van der Waals surface area contributed by atoms with Crippen LogP contribution in [0.15, 0.2) is 54.6 Å². The number of nitrogens with zero attached hydrogens (tertiary/aromatic N) is 3. The van der Waals surface area contributed by atoms with Gasteiger partial charge in [-0.1, -0.05) is 49.4 Å². The maximum absolute atomic E-state index is 12.9. The standard InChI is InChI=1S/C26H31N3O/c1-3-28(2)26(23-10-5-4-6-11-23)14-12-25(13-15-26)17-24(30)29(20-25)19-22-9-7-8-21(16-22)18-27/h4-11,16H,3,12-15,17,19-20H2,1-2H3. The lowest BCUT2D eigenvalue weighted by atomic mass is 9.64. The van der Waals surface area contributed by atoms with Gasteiger partial charge in [0.05, 0.1) is 11.6 Å². The first-order valence-corrected chi connectivity index (χ1v) is 11.0. The van der Waals surface area contributed by atoms with Gasteiger partial charge in [-0.15, -0.1) is 0 Å². The van der Waals surface area contributed by atoms with Crippen LogP contribution in [0.1, 0.15) is 55.7 Å². The third-order valence-corrected chi connectivity index (χ3v) is 7.49. The third-order valence-electron chi connectivity index (χ3n) is 7.49. The fraction of sp³-hybridized carbons (Fsp3) is 0.462. The van der Waals surface area contributed by atoms with Crippen LogP contribution in [0, 0.1) is 16.7 Å². The molecule has 0 radical (unpaired) electrons. The van der Waals surface area contributed by atoms with Crippen molar-refractivity contribution in [1.82, 2.24) is 9.80 Å². The lowest BCUT2D eigenvalue weighted by Gasteiger charge is -2.49. The molecule has 2 fully saturated rings. The van der Waals surface area contributed by atoms with Crippen molar-refractivity contribution in [1.29, 1.82) is 5.26 Å². The Morgan fingerprint density at radius 2 is 1.80 bits per heavy atom. The summed E-state index contributed by atoms with van der Waals surface area (Å²) in [6, 6.07) is 20.7. The van der Waals surface area contributed by atoms with Gasteiger partial charge in [0.2, 0.25) is 5.91 Å². The number of nitriles is 1. The van der Waals surface area contributed by atoms with E-state index in [1.54, 1.807) is 0 Å². The SMILES string of the molecule is CCN(C)C1(c2ccccc2)CCC2(CC1)CC(=O)N(Cc1cccc(C#N)c1)C2.